The lowest BCUT2D eigenvalue weighted by molar-refractivity contribution is 0.0956. The van der Waals surface area contributed by atoms with Crippen LogP contribution >= 0.6 is 0 Å². The number of pyridine rings is 1. The van der Waals surface area contributed by atoms with Crippen molar-refractivity contribution in [1.29, 1.82) is 0 Å². The second-order valence-corrected chi connectivity index (χ2v) is 8.73. The zero-order valence-corrected chi connectivity index (χ0v) is 16.6. The van der Waals surface area contributed by atoms with Crippen LogP contribution in [0.4, 0.5) is 5.82 Å². The van der Waals surface area contributed by atoms with E-state index in [9.17, 15) is 13.2 Å². The number of aromatic nitrogens is 1. The summed E-state index contributed by atoms with van der Waals surface area (Å²) in [4.78, 5) is 19.1. The number of carbonyl (C=O) groups is 1. The van der Waals surface area contributed by atoms with Crippen molar-refractivity contribution in [2.45, 2.75) is 25.8 Å². The van der Waals surface area contributed by atoms with Crippen molar-refractivity contribution in [2.75, 3.05) is 30.3 Å². The van der Waals surface area contributed by atoms with Crippen LogP contribution in [0.1, 0.15) is 35.2 Å². The normalized spacial score (nSPS) is 14.6. The highest BCUT2D eigenvalue weighted by atomic mass is 32.2. The minimum atomic E-state index is -3.48. The van der Waals surface area contributed by atoms with Crippen molar-refractivity contribution < 1.29 is 13.2 Å². The van der Waals surface area contributed by atoms with E-state index in [-0.39, 0.29) is 24.7 Å². The summed E-state index contributed by atoms with van der Waals surface area (Å²) >= 11 is 0. The van der Waals surface area contributed by atoms with Gasteiger partial charge in [-0.25, -0.2) is 18.1 Å². The van der Waals surface area contributed by atoms with Gasteiger partial charge in [-0.2, -0.15) is 0 Å². The van der Waals surface area contributed by atoms with Crippen LogP contribution in [0.5, 0.6) is 0 Å². The molecule has 1 amide bonds. The highest BCUT2D eigenvalue weighted by Crippen LogP contribution is 2.21. The molecular formula is C20H26N4O3S. The zero-order chi connectivity index (χ0) is 19.8. The van der Waals surface area contributed by atoms with Gasteiger partial charge in [0.15, 0.2) is 0 Å². The van der Waals surface area contributed by atoms with Crippen molar-refractivity contribution in [1.82, 2.24) is 15.0 Å². The van der Waals surface area contributed by atoms with Gasteiger partial charge in [-0.05, 0) is 37.0 Å². The van der Waals surface area contributed by atoms with Gasteiger partial charge in [-0.3, -0.25) is 4.79 Å². The Bertz CT molecular complexity index is 881. The molecule has 150 valence electrons. The number of nitrogens with zero attached hydrogens (tertiary/aromatic N) is 2. The largest absolute Gasteiger partial charge is 0.356 e. The molecule has 2 aromatic rings. The number of benzene rings is 1. The fourth-order valence-corrected chi connectivity index (χ4v) is 4.09. The first-order valence-electron chi connectivity index (χ1n) is 9.54. The number of anilines is 1. The van der Waals surface area contributed by atoms with Crippen molar-refractivity contribution in [2.24, 2.45) is 0 Å². The predicted octanol–water partition coefficient (Wildman–Crippen LogP) is 1.92. The summed E-state index contributed by atoms with van der Waals surface area (Å²) in [6.45, 7) is 2.04. The zero-order valence-electron chi connectivity index (χ0n) is 15.8. The van der Waals surface area contributed by atoms with Gasteiger partial charge >= 0.3 is 0 Å². The summed E-state index contributed by atoms with van der Waals surface area (Å²) in [5, 5.41) is 2.71. The lowest BCUT2D eigenvalue weighted by Crippen LogP contribution is -2.36. The maximum absolute atomic E-state index is 12.6. The third-order valence-electron chi connectivity index (χ3n) is 4.68. The van der Waals surface area contributed by atoms with Gasteiger partial charge in [0.1, 0.15) is 5.82 Å². The van der Waals surface area contributed by atoms with E-state index in [0.29, 0.717) is 11.4 Å². The predicted molar refractivity (Wildman–Crippen MR) is 110 cm³/mol. The van der Waals surface area contributed by atoms with Crippen LogP contribution in [-0.2, 0) is 16.6 Å². The molecular weight excluding hydrogens is 376 g/mol. The van der Waals surface area contributed by atoms with E-state index in [0.717, 1.165) is 31.5 Å². The molecule has 8 heteroatoms. The number of nitrogens with one attached hydrogen (secondary N) is 2. The van der Waals surface area contributed by atoms with Gasteiger partial charge in [0.25, 0.3) is 5.91 Å². The molecule has 0 unspecified atom stereocenters. The Morgan fingerprint density at radius 1 is 1.04 bits per heavy atom. The Hall–Kier alpha value is -2.45. The van der Waals surface area contributed by atoms with Gasteiger partial charge in [-0.15, -0.1) is 0 Å². The van der Waals surface area contributed by atoms with Crippen LogP contribution in [0, 0.1) is 0 Å². The molecule has 0 bridgehead atoms. The van der Waals surface area contributed by atoms with Crippen LogP contribution in [0.15, 0.2) is 48.7 Å². The molecule has 7 nitrogen and oxygen atoms in total. The third kappa shape index (κ3) is 5.77. The Kier molecular flexibility index (Phi) is 7.00. The molecule has 1 aliphatic heterocycles. The molecule has 1 fully saturated rings. The van der Waals surface area contributed by atoms with Crippen LogP contribution < -0.4 is 14.9 Å². The van der Waals surface area contributed by atoms with Crippen LogP contribution in [0.3, 0.4) is 0 Å². The number of piperidine rings is 1. The van der Waals surface area contributed by atoms with Crippen LogP contribution in [0.2, 0.25) is 0 Å². The summed E-state index contributed by atoms with van der Waals surface area (Å²) in [6, 6.07) is 12.8. The van der Waals surface area contributed by atoms with E-state index in [1.807, 2.05) is 30.3 Å². The molecule has 1 aromatic heterocycles. The van der Waals surface area contributed by atoms with Crippen LogP contribution in [0.25, 0.3) is 0 Å². The Morgan fingerprint density at radius 3 is 2.54 bits per heavy atom. The maximum atomic E-state index is 12.6. The fraction of sp³-hybridized carbons (Fsp3) is 0.400. The van der Waals surface area contributed by atoms with Crippen LogP contribution in [-0.4, -0.2) is 44.7 Å². The standard InChI is InChI=1S/C20H26N4O3S/c25-20(18-10-7-11-21-19(18)24-13-5-2-6-14-24)22-12-15-28(26,27)23-16-17-8-3-1-4-9-17/h1,3-4,7-11,23H,2,5-6,12-16H2,(H,22,25). The molecule has 0 radical (unpaired) electrons. The van der Waals surface area contributed by atoms with Crippen molar-refractivity contribution >= 4 is 21.7 Å². The van der Waals surface area contributed by atoms with E-state index in [4.69, 9.17) is 0 Å². The summed E-state index contributed by atoms with van der Waals surface area (Å²) < 4.78 is 26.9. The lowest BCUT2D eigenvalue weighted by atomic mass is 10.1. The first-order valence-corrected chi connectivity index (χ1v) is 11.2. The smallest absolute Gasteiger partial charge is 0.255 e. The maximum Gasteiger partial charge on any atom is 0.255 e. The summed E-state index contributed by atoms with van der Waals surface area (Å²) in [6.07, 6.45) is 5.04. The van der Waals surface area contributed by atoms with E-state index in [2.05, 4.69) is 19.9 Å². The van der Waals surface area contributed by atoms with Gasteiger partial charge in [0.05, 0.1) is 11.3 Å². The Morgan fingerprint density at radius 2 is 1.79 bits per heavy atom. The van der Waals surface area contributed by atoms with Gasteiger partial charge in [-0.1, -0.05) is 30.3 Å². The van der Waals surface area contributed by atoms with Gasteiger partial charge in [0.2, 0.25) is 10.0 Å². The highest BCUT2D eigenvalue weighted by Gasteiger charge is 2.20. The Labute approximate surface area is 166 Å². The van der Waals surface area contributed by atoms with Crippen molar-refractivity contribution in [3.8, 4) is 0 Å². The molecule has 0 atom stereocenters. The number of amides is 1. The number of sulfonamides is 1. The molecule has 1 aromatic carbocycles. The van der Waals surface area contributed by atoms with E-state index < -0.39 is 10.0 Å². The molecule has 0 saturated carbocycles. The highest BCUT2D eigenvalue weighted by molar-refractivity contribution is 7.89. The molecule has 28 heavy (non-hydrogen) atoms. The van der Waals surface area contributed by atoms with Gasteiger partial charge < -0.3 is 10.2 Å². The average Bonchev–Trinajstić information content (AvgIpc) is 2.73. The van der Waals surface area contributed by atoms with Gasteiger partial charge in [0, 0.05) is 32.4 Å². The Balaban J connectivity index is 1.53. The minimum Gasteiger partial charge on any atom is -0.356 e. The van der Waals surface area contributed by atoms with Crippen molar-refractivity contribution in [3.05, 3.63) is 59.8 Å². The summed E-state index contributed by atoms with van der Waals surface area (Å²) in [5.41, 5.74) is 1.37. The number of hydrogen-bond donors (Lipinski definition) is 2. The first kappa shape index (κ1) is 20.3. The number of hydrogen-bond acceptors (Lipinski definition) is 5. The number of rotatable bonds is 8. The first-order chi connectivity index (χ1) is 13.6. The molecule has 3 rings (SSSR count). The topological polar surface area (TPSA) is 91.4 Å². The van der Waals surface area contributed by atoms with E-state index >= 15 is 0 Å². The molecule has 2 N–H and O–H groups in total. The van der Waals surface area contributed by atoms with Crippen molar-refractivity contribution in [3.63, 3.8) is 0 Å². The minimum absolute atomic E-state index is 0.0390. The summed E-state index contributed by atoms with van der Waals surface area (Å²) in [5.74, 6) is 0.196. The molecule has 0 spiro atoms. The average molecular weight is 403 g/mol. The number of carbonyl (C=O) groups excluding carboxylic acids is 1. The monoisotopic (exact) mass is 402 g/mol. The second-order valence-electron chi connectivity index (χ2n) is 6.80. The van der Waals surface area contributed by atoms with E-state index in [1.54, 1.807) is 18.3 Å². The molecule has 1 aliphatic rings. The quantitative estimate of drug-likeness (QED) is 0.704. The summed E-state index contributed by atoms with van der Waals surface area (Å²) in [7, 11) is -3.48. The third-order valence-corrected chi connectivity index (χ3v) is 6.01. The molecule has 2 heterocycles. The molecule has 0 aliphatic carbocycles. The SMILES string of the molecule is O=C(NCCS(=O)(=O)NCc1ccccc1)c1cccnc1N1CCCCC1. The second kappa shape index (κ2) is 9.66. The fourth-order valence-electron chi connectivity index (χ4n) is 3.19. The lowest BCUT2D eigenvalue weighted by Gasteiger charge is -2.29. The molecule has 1 saturated heterocycles. The van der Waals surface area contributed by atoms with E-state index in [1.165, 1.54) is 6.42 Å².